The van der Waals surface area contributed by atoms with E-state index in [0.717, 1.165) is 26.6 Å². The van der Waals surface area contributed by atoms with Crippen molar-refractivity contribution in [3.05, 3.63) is 52.5 Å². The van der Waals surface area contributed by atoms with Crippen LogP contribution in [0, 0.1) is 18.9 Å². The fourth-order valence-corrected chi connectivity index (χ4v) is 5.60. The second-order valence-electron chi connectivity index (χ2n) is 11.5. The smallest absolute Gasteiger partial charge is 0.309 e. The number of likely N-dealkylation sites (tertiary alicyclic amines) is 1. The number of β-amino-alcohol motifs (C(OH)–C–C–N with tert-alkyl or cyclic N) is 1. The molecule has 1 aliphatic carbocycles. The Morgan fingerprint density at radius 1 is 1.23 bits per heavy atom. The zero-order valence-electron chi connectivity index (χ0n) is 22.7. The first-order valence-corrected chi connectivity index (χ1v) is 13.8. The molecule has 1 saturated heterocycles. The molecule has 0 radical (unpaired) electrons. The quantitative estimate of drug-likeness (QED) is 0.454. The highest BCUT2D eigenvalue weighted by Gasteiger charge is 2.60. The molecular formula is C28H34FN5O4S. The highest BCUT2D eigenvalue weighted by molar-refractivity contribution is 7.13. The van der Waals surface area contributed by atoms with E-state index in [4.69, 9.17) is 6.57 Å². The molecule has 3 N–H and O–H groups in total. The van der Waals surface area contributed by atoms with Crippen LogP contribution >= 0.6 is 11.3 Å². The number of rotatable bonds is 7. The molecule has 0 unspecified atom stereocenters. The van der Waals surface area contributed by atoms with Crippen molar-refractivity contribution in [2.45, 2.75) is 83.4 Å². The van der Waals surface area contributed by atoms with Gasteiger partial charge in [0.15, 0.2) is 6.17 Å². The third-order valence-electron chi connectivity index (χ3n) is 7.47. The van der Waals surface area contributed by atoms with Gasteiger partial charge in [-0.1, -0.05) is 45.0 Å². The maximum absolute atomic E-state index is 15.2. The van der Waals surface area contributed by atoms with Gasteiger partial charge in [0.05, 0.1) is 28.7 Å². The zero-order chi connectivity index (χ0) is 28.7. The Morgan fingerprint density at radius 3 is 2.38 bits per heavy atom. The fourth-order valence-electron chi connectivity index (χ4n) is 4.78. The molecule has 1 aromatic heterocycles. The van der Waals surface area contributed by atoms with Crippen LogP contribution in [0.25, 0.3) is 15.3 Å². The van der Waals surface area contributed by atoms with Crippen LogP contribution in [-0.2, 0) is 14.4 Å². The lowest BCUT2D eigenvalue weighted by molar-refractivity contribution is -0.145. The Bertz CT molecular complexity index is 1290. The summed E-state index contributed by atoms with van der Waals surface area (Å²) >= 11 is 1.54. The normalized spacial score (nSPS) is 23.4. The van der Waals surface area contributed by atoms with Crippen molar-refractivity contribution in [1.82, 2.24) is 20.5 Å². The van der Waals surface area contributed by atoms with Gasteiger partial charge < -0.3 is 20.6 Å². The van der Waals surface area contributed by atoms with Crippen LogP contribution in [0.4, 0.5) is 4.39 Å². The number of nitrogens with zero attached hydrogens (tertiary/aromatic N) is 3. The third-order valence-corrected chi connectivity index (χ3v) is 8.44. The van der Waals surface area contributed by atoms with Crippen molar-refractivity contribution < 1.29 is 23.9 Å². The Balaban J connectivity index is 1.50. The number of aliphatic hydroxyl groups excluding tert-OH is 1. The molecule has 9 nitrogen and oxygen atoms in total. The monoisotopic (exact) mass is 555 g/mol. The van der Waals surface area contributed by atoms with E-state index in [2.05, 4.69) is 20.5 Å². The van der Waals surface area contributed by atoms with Gasteiger partial charge in [-0.05, 0) is 30.4 Å². The minimum Gasteiger partial charge on any atom is -0.388 e. The molecular weight excluding hydrogens is 521 g/mol. The number of hydrogen-bond donors (Lipinski definition) is 3. The summed E-state index contributed by atoms with van der Waals surface area (Å²) in [5, 5.41) is 15.8. The van der Waals surface area contributed by atoms with Crippen LogP contribution < -0.4 is 10.6 Å². The first kappa shape index (κ1) is 28.6. The van der Waals surface area contributed by atoms with Crippen LogP contribution in [0.1, 0.15) is 57.8 Å². The molecule has 0 spiro atoms. The van der Waals surface area contributed by atoms with Crippen LogP contribution in [0.3, 0.4) is 0 Å². The molecule has 2 heterocycles. The van der Waals surface area contributed by atoms with Gasteiger partial charge in [-0.3, -0.25) is 19.2 Å². The number of alkyl halides is 1. The summed E-state index contributed by atoms with van der Waals surface area (Å²) in [4.78, 5) is 49.5. The number of halogens is 1. The van der Waals surface area contributed by atoms with E-state index < -0.39 is 59.1 Å². The van der Waals surface area contributed by atoms with E-state index in [1.54, 1.807) is 33.2 Å². The Hall–Kier alpha value is -3.36. The highest BCUT2D eigenvalue weighted by atomic mass is 32.1. The molecule has 2 fully saturated rings. The molecule has 4 rings (SSSR count). The summed E-state index contributed by atoms with van der Waals surface area (Å²) in [5.74, 6) is -1.96. The number of carbonyl (C=O) groups is 3. The molecule has 1 aliphatic heterocycles. The average molecular weight is 556 g/mol. The minimum atomic E-state index is -1.99. The Kier molecular flexibility index (Phi) is 7.83. The van der Waals surface area contributed by atoms with Crippen LogP contribution in [0.5, 0.6) is 0 Å². The largest absolute Gasteiger partial charge is 0.388 e. The van der Waals surface area contributed by atoms with E-state index in [1.165, 1.54) is 11.3 Å². The second-order valence-corrected chi connectivity index (χ2v) is 12.3. The summed E-state index contributed by atoms with van der Waals surface area (Å²) < 4.78 is 15.2. The van der Waals surface area contributed by atoms with E-state index >= 15 is 4.39 Å². The van der Waals surface area contributed by atoms with Gasteiger partial charge in [0.1, 0.15) is 18.2 Å². The lowest BCUT2D eigenvalue weighted by Gasteiger charge is -2.35. The molecule has 1 saturated carbocycles. The van der Waals surface area contributed by atoms with E-state index in [-0.39, 0.29) is 6.54 Å². The van der Waals surface area contributed by atoms with Gasteiger partial charge in [0, 0.05) is 12.8 Å². The summed E-state index contributed by atoms with van der Waals surface area (Å²) in [5.41, 5.74) is 2.53. The predicted molar refractivity (Wildman–Crippen MR) is 145 cm³/mol. The minimum absolute atomic E-state index is 0.383. The van der Waals surface area contributed by atoms with Gasteiger partial charge in [-0.2, -0.15) is 0 Å². The lowest BCUT2D eigenvalue weighted by Crippen LogP contribution is -2.60. The van der Waals surface area contributed by atoms with Gasteiger partial charge >= 0.3 is 11.4 Å². The first-order valence-electron chi connectivity index (χ1n) is 12.9. The van der Waals surface area contributed by atoms with E-state index in [9.17, 15) is 19.5 Å². The fraction of sp³-hybridized carbons (Fsp3) is 0.536. The number of aryl methyl sites for hydroxylation is 1. The van der Waals surface area contributed by atoms with Crippen molar-refractivity contribution in [2.75, 3.05) is 6.54 Å². The molecule has 1 aromatic carbocycles. The summed E-state index contributed by atoms with van der Waals surface area (Å²) in [6, 6.07) is 4.42. The van der Waals surface area contributed by atoms with Crippen LogP contribution in [0.15, 0.2) is 29.8 Å². The summed E-state index contributed by atoms with van der Waals surface area (Å²) in [7, 11) is 0. The molecule has 208 valence electrons. The first-order chi connectivity index (χ1) is 18.3. The van der Waals surface area contributed by atoms with Crippen LogP contribution in [-0.4, -0.2) is 69.2 Å². The second kappa shape index (κ2) is 10.7. The summed E-state index contributed by atoms with van der Waals surface area (Å²) in [6.07, 6.45) is -2.71. The number of aromatic nitrogens is 1. The zero-order valence-corrected chi connectivity index (χ0v) is 23.5. The number of benzene rings is 1. The van der Waals surface area contributed by atoms with Gasteiger partial charge in [-0.15, -0.1) is 11.3 Å². The number of nitrogens with one attached hydrogen (secondary N) is 2. The van der Waals surface area contributed by atoms with Crippen molar-refractivity contribution >= 4 is 29.1 Å². The van der Waals surface area contributed by atoms with Crippen molar-refractivity contribution in [1.29, 1.82) is 0 Å². The topological polar surface area (TPSA) is 116 Å². The SMILES string of the molecule is [C-]#[N+]C1(C(=O)N[C@H](C(=O)N2C[C@H](O)[C@H](F)[C@H]2C(=O)N[C@@H](C)c2ccc(-c3scnc3C)cc2)C(C)(C)C)CC1. The van der Waals surface area contributed by atoms with Gasteiger partial charge in [-0.25, -0.2) is 15.9 Å². The summed E-state index contributed by atoms with van der Waals surface area (Å²) in [6.45, 7) is 15.9. The molecule has 11 heteroatoms. The molecule has 3 amide bonds. The Morgan fingerprint density at radius 2 is 1.87 bits per heavy atom. The standard InChI is InChI=1S/C28H34FN5O4S/c1-15(17-7-9-18(10-8-17)22-16(2)31-14-39-22)32-24(36)21-20(29)19(35)13-34(21)25(37)23(27(3,4)5)33-26(38)28(30-6)11-12-28/h7-10,14-15,19-21,23,35H,11-13H2,1-5H3,(H,32,36)(H,33,38)/t15-,19-,20-,21-,23+/m0/s1. The number of aliphatic hydroxyl groups is 1. The maximum atomic E-state index is 15.2. The van der Waals surface area contributed by atoms with E-state index in [0.29, 0.717) is 12.8 Å². The Labute approximate surface area is 231 Å². The predicted octanol–water partition coefficient (Wildman–Crippen LogP) is 3.19. The van der Waals surface area contributed by atoms with Crippen molar-refractivity contribution in [3.8, 4) is 10.4 Å². The van der Waals surface area contributed by atoms with Crippen LogP contribution in [0.2, 0.25) is 0 Å². The molecule has 5 atom stereocenters. The van der Waals surface area contributed by atoms with Gasteiger partial charge in [0.2, 0.25) is 11.8 Å². The van der Waals surface area contributed by atoms with E-state index in [1.807, 2.05) is 31.2 Å². The number of amides is 3. The highest BCUT2D eigenvalue weighted by Crippen LogP contribution is 2.40. The molecule has 0 bridgehead atoms. The number of hydrogen-bond acceptors (Lipinski definition) is 6. The van der Waals surface area contributed by atoms with Crippen molar-refractivity contribution in [3.63, 3.8) is 0 Å². The molecule has 2 aromatic rings. The average Bonchev–Trinajstić information content (AvgIpc) is 3.49. The van der Waals surface area contributed by atoms with Gasteiger partial charge in [0.25, 0.3) is 0 Å². The molecule has 39 heavy (non-hydrogen) atoms. The third kappa shape index (κ3) is 5.68. The van der Waals surface area contributed by atoms with Crippen molar-refractivity contribution in [2.24, 2.45) is 5.41 Å². The maximum Gasteiger partial charge on any atom is 0.309 e. The molecule has 2 aliphatic rings. The number of carbonyl (C=O) groups excluding carboxylic acids is 3. The lowest BCUT2D eigenvalue weighted by atomic mass is 9.85. The number of thiazole rings is 1.